The molecule has 47 heavy (non-hydrogen) atoms. The molecule has 0 unspecified atom stereocenters. The van der Waals surface area contributed by atoms with Gasteiger partial charge in [-0.3, -0.25) is 0 Å². The molecule has 6 aromatic carbocycles. The molecule has 0 aliphatic carbocycles. The highest BCUT2D eigenvalue weighted by molar-refractivity contribution is 7.26. The van der Waals surface area contributed by atoms with Gasteiger partial charge in [0.05, 0.1) is 22.2 Å². The van der Waals surface area contributed by atoms with Crippen molar-refractivity contribution in [3.8, 4) is 27.9 Å². The maximum Gasteiger partial charge on any atom is 0.495 e. The largest absolute Gasteiger partial charge is 0.495 e. The monoisotopic (exact) mass is 627 g/mol. The van der Waals surface area contributed by atoms with Gasteiger partial charge in [0.2, 0.25) is 0 Å². The Hall–Kier alpha value is -4.68. The van der Waals surface area contributed by atoms with E-state index in [-0.39, 0.29) is 0 Å². The molecule has 1 saturated heterocycles. The summed E-state index contributed by atoms with van der Waals surface area (Å²) < 4.78 is 18.0. The summed E-state index contributed by atoms with van der Waals surface area (Å²) in [5.41, 5.74) is 8.73. The first-order chi connectivity index (χ1) is 22.8. The van der Waals surface area contributed by atoms with E-state index in [0.717, 1.165) is 11.2 Å². The Morgan fingerprint density at radius 2 is 1.13 bits per heavy atom. The van der Waals surface area contributed by atoms with Crippen molar-refractivity contribution in [2.75, 3.05) is 0 Å². The van der Waals surface area contributed by atoms with Crippen LogP contribution in [0.5, 0.6) is 0 Å². The Labute approximate surface area is 279 Å². The van der Waals surface area contributed by atoms with Gasteiger partial charge in [0.1, 0.15) is 0 Å². The zero-order valence-electron chi connectivity index (χ0n) is 27.0. The molecular weight excluding hydrogens is 593 g/mol. The predicted molar refractivity (Wildman–Crippen MR) is 200 cm³/mol. The first-order valence-corrected chi connectivity index (χ1v) is 17.1. The maximum atomic E-state index is 6.53. The lowest BCUT2D eigenvalue weighted by molar-refractivity contribution is 0.00578. The molecule has 9 rings (SSSR count). The van der Waals surface area contributed by atoms with Crippen molar-refractivity contribution < 1.29 is 9.31 Å². The van der Waals surface area contributed by atoms with Crippen LogP contribution < -0.4 is 5.46 Å². The van der Waals surface area contributed by atoms with Gasteiger partial charge in [0.25, 0.3) is 0 Å². The molecular formula is C42H34BNO2S. The van der Waals surface area contributed by atoms with Gasteiger partial charge in [0, 0.05) is 36.6 Å². The number of benzene rings is 6. The molecule has 5 heteroatoms. The first-order valence-electron chi connectivity index (χ1n) is 16.3. The Bertz CT molecular complexity index is 2460. The normalized spacial score (nSPS) is 15.8. The summed E-state index contributed by atoms with van der Waals surface area (Å²) >= 11 is 1.83. The minimum atomic E-state index is -0.408. The minimum absolute atomic E-state index is 0.394. The number of para-hydroxylation sites is 1. The van der Waals surface area contributed by atoms with E-state index in [1.165, 1.54) is 64.2 Å². The summed E-state index contributed by atoms with van der Waals surface area (Å²) in [4.78, 5) is 0. The standard InChI is InChI=1S/C42H34BNO2S/c1-41(2)42(3,4)46-43(45-41)35-14-10-16-39-40(35)34-26-30(20-24-38(34)47-39)29-19-23-37-33(25-29)32-13-8-9-15-36(32)44(37)31-21-17-28(18-22-31)27-11-6-5-7-12-27/h5-26H,1-4H3. The zero-order chi connectivity index (χ0) is 31.9. The number of fused-ring (bicyclic) bond motifs is 6. The van der Waals surface area contributed by atoms with Crippen LogP contribution in [-0.4, -0.2) is 22.9 Å². The van der Waals surface area contributed by atoms with Crippen molar-refractivity contribution >= 4 is 65.9 Å². The van der Waals surface area contributed by atoms with Crippen LogP contribution in [0.25, 0.3) is 69.9 Å². The third-order valence-electron chi connectivity index (χ3n) is 10.3. The number of thiophene rings is 1. The Balaban J connectivity index is 1.16. The Morgan fingerprint density at radius 1 is 0.511 bits per heavy atom. The van der Waals surface area contributed by atoms with Gasteiger partial charge in [-0.25, -0.2) is 0 Å². The van der Waals surface area contributed by atoms with Crippen molar-refractivity contribution in [3.05, 3.63) is 133 Å². The van der Waals surface area contributed by atoms with Crippen LogP contribution in [0, 0.1) is 0 Å². The number of nitrogens with zero attached hydrogens (tertiary/aromatic N) is 1. The van der Waals surface area contributed by atoms with E-state index in [1.54, 1.807) is 0 Å². The van der Waals surface area contributed by atoms with Gasteiger partial charge in [0.15, 0.2) is 0 Å². The van der Waals surface area contributed by atoms with E-state index in [9.17, 15) is 0 Å². The Morgan fingerprint density at radius 3 is 1.89 bits per heavy atom. The second kappa shape index (κ2) is 10.4. The second-order valence-corrected chi connectivity index (χ2v) is 14.7. The van der Waals surface area contributed by atoms with E-state index >= 15 is 0 Å². The van der Waals surface area contributed by atoms with E-state index in [4.69, 9.17) is 9.31 Å². The maximum absolute atomic E-state index is 6.53. The summed E-state index contributed by atoms with van der Waals surface area (Å²) in [6.07, 6.45) is 0. The molecule has 3 heterocycles. The minimum Gasteiger partial charge on any atom is -0.399 e. The van der Waals surface area contributed by atoms with Gasteiger partial charge in [-0.1, -0.05) is 84.9 Å². The summed E-state index contributed by atoms with van der Waals surface area (Å²) in [6, 6.07) is 48.5. The number of hydrogen-bond donors (Lipinski definition) is 0. The van der Waals surface area contributed by atoms with Gasteiger partial charge < -0.3 is 13.9 Å². The molecule has 1 aliphatic rings. The summed E-state index contributed by atoms with van der Waals surface area (Å²) in [5, 5.41) is 4.97. The molecule has 0 amide bonds. The van der Waals surface area contributed by atoms with Gasteiger partial charge in [-0.2, -0.15) is 0 Å². The average Bonchev–Trinajstić information content (AvgIpc) is 3.70. The lowest BCUT2D eigenvalue weighted by Gasteiger charge is -2.32. The lowest BCUT2D eigenvalue weighted by atomic mass is 9.76. The van der Waals surface area contributed by atoms with E-state index in [2.05, 4.69) is 166 Å². The van der Waals surface area contributed by atoms with E-state index < -0.39 is 18.3 Å². The van der Waals surface area contributed by atoms with Crippen LogP contribution in [0.15, 0.2) is 133 Å². The van der Waals surface area contributed by atoms with E-state index in [1.807, 2.05) is 11.3 Å². The molecule has 1 fully saturated rings. The molecule has 228 valence electrons. The highest BCUT2D eigenvalue weighted by Crippen LogP contribution is 2.41. The first kappa shape index (κ1) is 28.5. The third-order valence-corrected chi connectivity index (χ3v) is 11.4. The Kier molecular flexibility index (Phi) is 6.32. The van der Waals surface area contributed by atoms with Crippen molar-refractivity contribution in [1.82, 2.24) is 4.57 Å². The number of aromatic nitrogens is 1. The van der Waals surface area contributed by atoms with E-state index in [0.29, 0.717) is 0 Å². The van der Waals surface area contributed by atoms with Crippen LogP contribution in [0.3, 0.4) is 0 Å². The topological polar surface area (TPSA) is 23.4 Å². The van der Waals surface area contributed by atoms with Crippen LogP contribution in [0.1, 0.15) is 27.7 Å². The van der Waals surface area contributed by atoms with Crippen molar-refractivity contribution in [3.63, 3.8) is 0 Å². The van der Waals surface area contributed by atoms with Gasteiger partial charge >= 0.3 is 7.12 Å². The molecule has 0 radical (unpaired) electrons. The van der Waals surface area contributed by atoms with Crippen molar-refractivity contribution in [2.24, 2.45) is 0 Å². The predicted octanol–water partition coefficient (Wildman–Crippen LogP) is 10.8. The molecule has 0 spiro atoms. The number of rotatable bonds is 4. The summed E-state index contributed by atoms with van der Waals surface area (Å²) in [7, 11) is -0.408. The molecule has 0 N–H and O–H groups in total. The van der Waals surface area contributed by atoms with Crippen LogP contribution >= 0.6 is 11.3 Å². The highest BCUT2D eigenvalue weighted by atomic mass is 32.1. The lowest BCUT2D eigenvalue weighted by Crippen LogP contribution is -2.41. The second-order valence-electron chi connectivity index (χ2n) is 13.6. The molecule has 8 aromatic rings. The summed E-state index contributed by atoms with van der Waals surface area (Å²) in [5.74, 6) is 0. The van der Waals surface area contributed by atoms with Gasteiger partial charge in [-0.15, -0.1) is 11.3 Å². The molecule has 0 bridgehead atoms. The third kappa shape index (κ3) is 4.49. The average molecular weight is 628 g/mol. The fourth-order valence-electron chi connectivity index (χ4n) is 7.06. The molecule has 0 saturated carbocycles. The van der Waals surface area contributed by atoms with Crippen molar-refractivity contribution in [2.45, 2.75) is 38.9 Å². The van der Waals surface area contributed by atoms with Crippen LogP contribution in [0.4, 0.5) is 0 Å². The summed E-state index contributed by atoms with van der Waals surface area (Å²) in [6.45, 7) is 8.46. The van der Waals surface area contributed by atoms with Crippen LogP contribution in [0.2, 0.25) is 0 Å². The molecule has 3 nitrogen and oxygen atoms in total. The van der Waals surface area contributed by atoms with Crippen LogP contribution in [-0.2, 0) is 9.31 Å². The van der Waals surface area contributed by atoms with Gasteiger partial charge in [-0.05, 0) is 104 Å². The smallest absolute Gasteiger partial charge is 0.399 e. The van der Waals surface area contributed by atoms with Crippen molar-refractivity contribution in [1.29, 1.82) is 0 Å². The fraction of sp³-hybridized carbons (Fsp3) is 0.143. The molecule has 2 aromatic heterocycles. The SMILES string of the molecule is CC1(C)OB(c2cccc3sc4ccc(-c5ccc6c(c5)c5ccccc5n6-c5ccc(-c6ccccc6)cc5)cc4c23)OC1(C)C. The highest BCUT2D eigenvalue weighted by Gasteiger charge is 2.52. The molecule has 0 atom stereocenters. The quantitative estimate of drug-likeness (QED) is 0.181. The number of hydrogen-bond acceptors (Lipinski definition) is 3. The fourth-order valence-corrected chi connectivity index (χ4v) is 8.18. The molecule has 1 aliphatic heterocycles. The zero-order valence-corrected chi connectivity index (χ0v) is 27.8.